The molecule has 18 heavy (non-hydrogen) atoms. The lowest BCUT2D eigenvalue weighted by Crippen LogP contribution is -2.31. The van der Waals surface area contributed by atoms with E-state index in [1.54, 1.807) is 24.3 Å². The zero-order chi connectivity index (χ0) is 14.0. The molecule has 1 aromatic rings. The van der Waals surface area contributed by atoms with E-state index in [2.05, 4.69) is 0 Å². The molecule has 1 aromatic carbocycles. The Morgan fingerprint density at radius 1 is 1.17 bits per heavy atom. The van der Waals surface area contributed by atoms with E-state index in [0.717, 1.165) is 5.56 Å². The van der Waals surface area contributed by atoms with Crippen LogP contribution in [0.2, 0.25) is 0 Å². The highest BCUT2D eigenvalue weighted by atomic mass is 32.2. The summed E-state index contributed by atoms with van der Waals surface area (Å²) in [6.07, 6.45) is 0.345. The molecule has 4 heteroatoms. The van der Waals surface area contributed by atoms with E-state index in [1.165, 1.54) is 0 Å². The first-order chi connectivity index (χ1) is 8.16. The third kappa shape index (κ3) is 3.82. The highest BCUT2D eigenvalue weighted by Gasteiger charge is 2.29. The lowest BCUT2D eigenvalue weighted by atomic mass is 9.88. The van der Waals surface area contributed by atoms with Crippen LogP contribution in [0.1, 0.15) is 39.7 Å². The Labute approximate surface area is 110 Å². The molecule has 3 nitrogen and oxygen atoms in total. The van der Waals surface area contributed by atoms with Crippen molar-refractivity contribution in [3.63, 3.8) is 0 Å². The second kappa shape index (κ2) is 5.41. The zero-order valence-electron chi connectivity index (χ0n) is 11.7. The standard InChI is InChI=1S/C14H22O3S/c1-6-13(14(3,4)5)17-18(15,16)12-9-7-11(2)8-10-12/h7-10,13H,6H2,1-5H3. The van der Waals surface area contributed by atoms with Crippen molar-refractivity contribution in [2.75, 3.05) is 0 Å². The van der Waals surface area contributed by atoms with Crippen molar-refractivity contribution < 1.29 is 12.6 Å². The predicted octanol–water partition coefficient (Wildman–Crippen LogP) is 3.53. The van der Waals surface area contributed by atoms with Gasteiger partial charge in [0.2, 0.25) is 0 Å². The maximum absolute atomic E-state index is 12.1. The van der Waals surface area contributed by atoms with Crippen molar-refractivity contribution in [2.24, 2.45) is 5.41 Å². The molecule has 102 valence electrons. The molecule has 0 aliphatic rings. The van der Waals surface area contributed by atoms with Gasteiger partial charge in [0, 0.05) is 0 Å². The van der Waals surface area contributed by atoms with E-state index in [1.807, 2.05) is 34.6 Å². The normalized spacial score (nSPS) is 14.5. The Kier molecular flexibility index (Phi) is 4.56. The summed E-state index contributed by atoms with van der Waals surface area (Å²) in [5.41, 5.74) is 0.823. The van der Waals surface area contributed by atoms with Gasteiger partial charge in [0.25, 0.3) is 10.1 Å². The van der Waals surface area contributed by atoms with Gasteiger partial charge in [-0.05, 0) is 30.9 Å². The summed E-state index contributed by atoms with van der Waals surface area (Å²) in [6, 6.07) is 6.71. The minimum Gasteiger partial charge on any atom is -0.262 e. The van der Waals surface area contributed by atoms with Crippen molar-refractivity contribution >= 4 is 10.1 Å². The van der Waals surface area contributed by atoms with Gasteiger partial charge >= 0.3 is 0 Å². The van der Waals surface area contributed by atoms with Crippen molar-refractivity contribution in [3.8, 4) is 0 Å². The summed E-state index contributed by atoms with van der Waals surface area (Å²) < 4.78 is 29.6. The molecule has 0 spiro atoms. The van der Waals surface area contributed by atoms with Gasteiger partial charge in [0.1, 0.15) is 0 Å². The summed E-state index contributed by atoms with van der Waals surface area (Å²) in [5, 5.41) is 0. The van der Waals surface area contributed by atoms with Crippen LogP contribution in [0, 0.1) is 12.3 Å². The van der Waals surface area contributed by atoms with E-state index in [4.69, 9.17) is 4.18 Å². The van der Waals surface area contributed by atoms with E-state index >= 15 is 0 Å². The van der Waals surface area contributed by atoms with Crippen LogP contribution >= 0.6 is 0 Å². The van der Waals surface area contributed by atoms with E-state index in [9.17, 15) is 8.42 Å². The predicted molar refractivity (Wildman–Crippen MR) is 73.0 cm³/mol. The lowest BCUT2D eigenvalue weighted by molar-refractivity contribution is 0.0897. The van der Waals surface area contributed by atoms with Crippen LogP contribution in [0.25, 0.3) is 0 Å². The molecule has 0 aliphatic heterocycles. The van der Waals surface area contributed by atoms with Crippen LogP contribution in [0.3, 0.4) is 0 Å². The van der Waals surface area contributed by atoms with Gasteiger partial charge in [-0.2, -0.15) is 8.42 Å². The average molecular weight is 270 g/mol. The Morgan fingerprint density at radius 3 is 2.06 bits per heavy atom. The number of benzene rings is 1. The molecule has 0 amide bonds. The summed E-state index contributed by atoms with van der Waals surface area (Å²) in [6.45, 7) is 9.78. The average Bonchev–Trinajstić information content (AvgIpc) is 2.25. The molecule has 1 atom stereocenters. The molecule has 1 unspecified atom stereocenters. The van der Waals surface area contributed by atoms with Gasteiger partial charge in [-0.1, -0.05) is 45.4 Å². The summed E-state index contributed by atoms with van der Waals surface area (Å²) >= 11 is 0. The molecular formula is C14H22O3S. The van der Waals surface area contributed by atoms with Crippen LogP contribution in [-0.2, 0) is 14.3 Å². The molecule has 0 aliphatic carbocycles. The number of hydrogen-bond acceptors (Lipinski definition) is 3. The fraction of sp³-hybridized carbons (Fsp3) is 0.571. The van der Waals surface area contributed by atoms with Gasteiger partial charge in [-0.3, -0.25) is 4.18 Å². The Hall–Kier alpha value is -0.870. The zero-order valence-corrected chi connectivity index (χ0v) is 12.5. The third-order valence-electron chi connectivity index (χ3n) is 2.89. The maximum Gasteiger partial charge on any atom is 0.297 e. The molecule has 0 N–H and O–H groups in total. The van der Waals surface area contributed by atoms with E-state index in [0.29, 0.717) is 6.42 Å². The fourth-order valence-corrected chi connectivity index (χ4v) is 3.05. The highest BCUT2D eigenvalue weighted by molar-refractivity contribution is 7.86. The minimum absolute atomic E-state index is 0.202. The second-order valence-corrected chi connectivity index (χ2v) is 7.20. The minimum atomic E-state index is -3.67. The molecular weight excluding hydrogens is 248 g/mol. The smallest absolute Gasteiger partial charge is 0.262 e. The number of rotatable bonds is 4. The topological polar surface area (TPSA) is 43.4 Å². The monoisotopic (exact) mass is 270 g/mol. The first-order valence-corrected chi connectivity index (χ1v) is 7.57. The summed E-state index contributed by atoms with van der Waals surface area (Å²) in [4.78, 5) is 0.218. The SMILES string of the molecule is CCC(OS(=O)(=O)c1ccc(C)cc1)C(C)(C)C. The van der Waals surface area contributed by atoms with Crippen LogP contribution in [-0.4, -0.2) is 14.5 Å². The van der Waals surface area contributed by atoms with Crippen molar-refractivity contribution in [1.82, 2.24) is 0 Å². The largest absolute Gasteiger partial charge is 0.297 e. The molecule has 0 radical (unpaired) electrons. The second-order valence-electron chi connectivity index (χ2n) is 5.63. The van der Waals surface area contributed by atoms with Gasteiger partial charge in [-0.15, -0.1) is 0 Å². The highest BCUT2D eigenvalue weighted by Crippen LogP contribution is 2.28. The van der Waals surface area contributed by atoms with Crippen molar-refractivity contribution in [2.45, 2.75) is 52.0 Å². The molecule has 1 rings (SSSR count). The Balaban J connectivity index is 2.98. The molecule has 0 bridgehead atoms. The fourth-order valence-electron chi connectivity index (χ4n) is 1.74. The molecule has 0 aromatic heterocycles. The summed E-state index contributed by atoms with van der Waals surface area (Å²) in [7, 11) is -3.67. The van der Waals surface area contributed by atoms with Gasteiger partial charge in [0.15, 0.2) is 0 Å². The first-order valence-electron chi connectivity index (χ1n) is 6.17. The van der Waals surface area contributed by atoms with E-state index in [-0.39, 0.29) is 16.4 Å². The van der Waals surface area contributed by atoms with Crippen LogP contribution in [0.15, 0.2) is 29.2 Å². The molecule has 0 fully saturated rings. The van der Waals surface area contributed by atoms with Crippen LogP contribution < -0.4 is 0 Å². The van der Waals surface area contributed by atoms with Crippen molar-refractivity contribution in [3.05, 3.63) is 29.8 Å². The van der Waals surface area contributed by atoms with Gasteiger partial charge < -0.3 is 0 Å². The van der Waals surface area contributed by atoms with Gasteiger partial charge in [-0.25, -0.2) is 0 Å². The Bertz CT molecular complexity index is 481. The lowest BCUT2D eigenvalue weighted by Gasteiger charge is -2.28. The first kappa shape index (κ1) is 15.2. The summed E-state index contributed by atoms with van der Waals surface area (Å²) in [5.74, 6) is 0. The van der Waals surface area contributed by atoms with E-state index < -0.39 is 10.1 Å². The Morgan fingerprint density at radius 2 is 1.67 bits per heavy atom. The van der Waals surface area contributed by atoms with Crippen LogP contribution in [0.5, 0.6) is 0 Å². The quantitative estimate of drug-likeness (QED) is 0.786. The molecule has 0 saturated carbocycles. The molecule has 0 saturated heterocycles. The molecule has 0 heterocycles. The van der Waals surface area contributed by atoms with Crippen LogP contribution in [0.4, 0.5) is 0 Å². The maximum atomic E-state index is 12.1. The van der Waals surface area contributed by atoms with Crippen molar-refractivity contribution in [1.29, 1.82) is 0 Å². The third-order valence-corrected chi connectivity index (χ3v) is 4.22. The number of hydrogen-bond donors (Lipinski definition) is 0. The van der Waals surface area contributed by atoms with Gasteiger partial charge in [0.05, 0.1) is 11.0 Å². The number of aryl methyl sites for hydroxylation is 1.